The number of fused-ring (bicyclic) bond motifs is 1. The molecule has 1 N–H and O–H groups in total. The average molecular weight is 428 g/mol. The van der Waals surface area contributed by atoms with Crippen LogP contribution in [0.1, 0.15) is 16.1 Å². The average Bonchev–Trinajstić information content (AvgIpc) is 2.94. The van der Waals surface area contributed by atoms with Crippen LogP contribution in [0.5, 0.6) is 0 Å². The predicted octanol–water partition coefficient (Wildman–Crippen LogP) is 4.03. The number of anilines is 1. The molecule has 0 atom stereocenters. The van der Waals surface area contributed by atoms with E-state index in [4.69, 9.17) is 4.74 Å². The van der Waals surface area contributed by atoms with Gasteiger partial charge in [-0.25, -0.2) is 0 Å². The fourth-order valence-electron chi connectivity index (χ4n) is 3.55. The Morgan fingerprint density at radius 3 is 2.70 bits per heavy atom. The summed E-state index contributed by atoms with van der Waals surface area (Å²) < 4.78 is 8.15. The Kier molecular flexibility index (Phi) is 5.29. The van der Waals surface area contributed by atoms with Gasteiger partial charge in [0, 0.05) is 43.3 Å². The maximum atomic E-state index is 12.9. The smallest absolute Gasteiger partial charge is 0.273 e. The number of carbonyl (C=O) groups excluding carboxylic acids is 1. The number of halogens is 1. The lowest BCUT2D eigenvalue weighted by Crippen LogP contribution is -2.35. The summed E-state index contributed by atoms with van der Waals surface area (Å²) in [6.45, 7) is 4.32. The summed E-state index contributed by atoms with van der Waals surface area (Å²) in [5, 5.41) is 4.08. The molecule has 1 aliphatic heterocycles. The second-order valence-electron chi connectivity index (χ2n) is 6.78. The number of hydrogen-bond acceptors (Lipinski definition) is 3. The molecule has 0 unspecified atom stereocenters. The van der Waals surface area contributed by atoms with Gasteiger partial charge < -0.3 is 14.6 Å². The van der Waals surface area contributed by atoms with E-state index < -0.39 is 0 Å². The number of ether oxygens (including phenoxy) is 1. The molecule has 2 heterocycles. The van der Waals surface area contributed by atoms with Crippen molar-refractivity contribution in [2.45, 2.75) is 6.54 Å². The van der Waals surface area contributed by atoms with Gasteiger partial charge in [0.1, 0.15) is 5.69 Å². The van der Waals surface area contributed by atoms with Crippen molar-refractivity contribution in [1.29, 1.82) is 0 Å². The van der Waals surface area contributed by atoms with E-state index in [1.165, 1.54) is 5.56 Å². The van der Waals surface area contributed by atoms with Gasteiger partial charge in [-0.05, 0) is 39.7 Å². The maximum Gasteiger partial charge on any atom is 0.273 e. The van der Waals surface area contributed by atoms with Crippen molar-refractivity contribution in [2.75, 3.05) is 31.6 Å². The van der Waals surface area contributed by atoms with E-state index in [-0.39, 0.29) is 5.91 Å². The summed E-state index contributed by atoms with van der Waals surface area (Å²) in [6, 6.07) is 16.0. The number of benzene rings is 2. The van der Waals surface area contributed by atoms with Crippen LogP contribution in [0, 0.1) is 0 Å². The lowest BCUT2D eigenvalue weighted by atomic mass is 10.1. The second kappa shape index (κ2) is 7.84. The molecule has 1 aliphatic rings. The van der Waals surface area contributed by atoms with Gasteiger partial charge in [0.2, 0.25) is 0 Å². The Morgan fingerprint density at radius 1 is 1.15 bits per heavy atom. The number of morpholine rings is 1. The van der Waals surface area contributed by atoms with Crippen LogP contribution in [0.15, 0.2) is 53.0 Å². The Morgan fingerprint density at radius 2 is 1.93 bits per heavy atom. The lowest BCUT2D eigenvalue weighted by Gasteiger charge is -2.26. The van der Waals surface area contributed by atoms with E-state index in [0.717, 1.165) is 53.9 Å². The van der Waals surface area contributed by atoms with Gasteiger partial charge in [0.15, 0.2) is 0 Å². The Hall–Kier alpha value is -2.15. The summed E-state index contributed by atoms with van der Waals surface area (Å²) in [7, 11) is 1.91. The topological polar surface area (TPSA) is 46.5 Å². The molecule has 1 fully saturated rings. The first-order valence-corrected chi connectivity index (χ1v) is 9.86. The van der Waals surface area contributed by atoms with Crippen LogP contribution < -0.4 is 5.32 Å². The van der Waals surface area contributed by atoms with Crippen molar-refractivity contribution < 1.29 is 9.53 Å². The van der Waals surface area contributed by atoms with Crippen molar-refractivity contribution in [3.63, 3.8) is 0 Å². The zero-order chi connectivity index (χ0) is 18.8. The van der Waals surface area contributed by atoms with Crippen LogP contribution in [0.4, 0.5) is 5.69 Å². The van der Waals surface area contributed by atoms with E-state index >= 15 is 0 Å². The van der Waals surface area contributed by atoms with Crippen molar-refractivity contribution in [1.82, 2.24) is 9.47 Å². The number of nitrogens with zero attached hydrogens (tertiary/aromatic N) is 2. The van der Waals surface area contributed by atoms with Crippen LogP contribution in [0.3, 0.4) is 0 Å². The SMILES string of the molecule is Cn1c(C(=O)Nc2cccc(CN3CCOCC3)c2)c(Br)c2ccccc21. The zero-order valence-electron chi connectivity index (χ0n) is 15.2. The molecule has 1 aromatic heterocycles. The number of hydrogen-bond donors (Lipinski definition) is 1. The van der Waals surface area contributed by atoms with Gasteiger partial charge in [-0.15, -0.1) is 0 Å². The first-order chi connectivity index (χ1) is 13.1. The molecule has 27 heavy (non-hydrogen) atoms. The number of aromatic nitrogens is 1. The number of nitrogens with one attached hydrogen (secondary N) is 1. The third-order valence-electron chi connectivity index (χ3n) is 4.96. The van der Waals surface area contributed by atoms with Gasteiger partial charge in [-0.3, -0.25) is 9.69 Å². The molecular weight excluding hydrogens is 406 g/mol. The van der Waals surface area contributed by atoms with E-state index in [9.17, 15) is 4.79 Å². The molecule has 3 aromatic rings. The monoisotopic (exact) mass is 427 g/mol. The fraction of sp³-hybridized carbons (Fsp3) is 0.286. The highest BCUT2D eigenvalue weighted by Gasteiger charge is 2.19. The van der Waals surface area contributed by atoms with Crippen LogP contribution in [0.2, 0.25) is 0 Å². The van der Waals surface area contributed by atoms with Gasteiger partial charge >= 0.3 is 0 Å². The predicted molar refractivity (Wildman–Crippen MR) is 111 cm³/mol. The highest BCUT2D eigenvalue weighted by Crippen LogP contribution is 2.30. The summed E-state index contributed by atoms with van der Waals surface area (Å²) in [4.78, 5) is 15.3. The van der Waals surface area contributed by atoms with Crippen molar-refractivity contribution in [3.8, 4) is 0 Å². The van der Waals surface area contributed by atoms with Crippen molar-refractivity contribution >= 4 is 38.4 Å². The molecule has 1 saturated heterocycles. The standard InChI is InChI=1S/C21H22BrN3O2/c1-24-18-8-3-2-7-17(18)19(22)20(24)21(26)23-16-6-4-5-15(13-16)14-25-9-11-27-12-10-25/h2-8,13H,9-12,14H2,1H3,(H,23,26). The number of aryl methyl sites for hydroxylation is 1. The molecule has 5 nitrogen and oxygen atoms in total. The maximum absolute atomic E-state index is 12.9. The van der Waals surface area contributed by atoms with E-state index in [1.54, 1.807) is 0 Å². The minimum absolute atomic E-state index is 0.121. The number of para-hydroxylation sites is 1. The molecule has 0 radical (unpaired) electrons. The Balaban J connectivity index is 1.54. The first kappa shape index (κ1) is 18.2. The van der Waals surface area contributed by atoms with E-state index in [2.05, 4.69) is 32.2 Å². The summed E-state index contributed by atoms with van der Waals surface area (Å²) >= 11 is 3.60. The molecule has 0 spiro atoms. The summed E-state index contributed by atoms with van der Waals surface area (Å²) in [6.07, 6.45) is 0. The normalized spacial score (nSPS) is 15.2. The van der Waals surface area contributed by atoms with Crippen LogP contribution in [-0.4, -0.2) is 41.7 Å². The van der Waals surface area contributed by atoms with Crippen LogP contribution in [-0.2, 0) is 18.3 Å². The molecule has 0 saturated carbocycles. The fourth-order valence-corrected chi connectivity index (χ4v) is 4.34. The Labute approximate surface area is 167 Å². The van der Waals surface area contributed by atoms with Gasteiger partial charge in [-0.1, -0.05) is 30.3 Å². The van der Waals surface area contributed by atoms with Gasteiger partial charge in [0.05, 0.1) is 17.7 Å². The molecule has 0 bridgehead atoms. The first-order valence-electron chi connectivity index (χ1n) is 9.07. The minimum atomic E-state index is -0.121. The Bertz CT molecular complexity index is 938. The van der Waals surface area contributed by atoms with Crippen LogP contribution >= 0.6 is 15.9 Å². The molecular formula is C21H22BrN3O2. The number of amides is 1. The molecule has 1 amide bonds. The summed E-state index contributed by atoms with van der Waals surface area (Å²) in [5.74, 6) is -0.121. The molecule has 6 heteroatoms. The second-order valence-corrected chi connectivity index (χ2v) is 7.57. The quantitative estimate of drug-likeness (QED) is 0.683. The van der Waals surface area contributed by atoms with E-state index in [1.807, 2.05) is 54.1 Å². The number of carbonyl (C=O) groups is 1. The van der Waals surface area contributed by atoms with E-state index in [0.29, 0.717) is 5.69 Å². The van der Waals surface area contributed by atoms with Crippen LogP contribution in [0.25, 0.3) is 10.9 Å². The number of rotatable bonds is 4. The van der Waals surface area contributed by atoms with Crippen molar-refractivity contribution in [2.24, 2.45) is 7.05 Å². The minimum Gasteiger partial charge on any atom is -0.379 e. The van der Waals surface area contributed by atoms with Crippen molar-refractivity contribution in [3.05, 3.63) is 64.3 Å². The molecule has 140 valence electrons. The lowest BCUT2D eigenvalue weighted by molar-refractivity contribution is 0.0342. The highest BCUT2D eigenvalue weighted by molar-refractivity contribution is 9.10. The molecule has 2 aromatic carbocycles. The third-order valence-corrected chi connectivity index (χ3v) is 5.76. The summed E-state index contributed by atoms with van der Waals surface area (Å²) in [5.41, 5.74) is 3.64. The molecule has 4 rings (SSSR count). The largest absolute Gasteiger partial charge is 0.379 e. The third kappa shape index (κ3) is 3.78. The zero-order valence-corrected chi connectivity index (χ0v) is 16.8. The highest BCUT2D eigenvalue weighted by atomic mass is 79.9. The molecule has 0 aliphatic carbocycles. The van der Waals surface area contributed by atoms with Gasteiger partial charge in [0.25, 0.3) is 5.91 Å². The van der Waals surface area contributed by atoms with Gasteiger partial charge in [-0.2, -0.15) is 0 Å².